The Hall–Kier alpha value is -2.44. The second kappa shape index (κ2) is 7.53. The molecular weight excluding hydrogens is 381 g/mol. The van der Waals surface area contributed by atoms with Crippen LogP contribution >= 0.6 is 11.6 Å². The third-order valence-corrected chi connectivity index (χ3v) is 6.06. The van der Waals surface area contributed by atoms with E-state index in [-0.39, 0.29) is 30.1 Å². The Morgan fingerprint density at radius 2 is 1.68 bits per heavy atom. The number of hydrogen-bond acceptors (Lipinski definition) is 3. The van der Waals surface area contributed by atoms with Crippen molar-refractivity contribution in [1.29, 1.82) is 0 Å². The number of nitrogens with zero attached hydrogens (tertiary/aromatic N) is 2. The molecule has 2 fully saturated rings. The SMILES string of the molecule is Cc1ccc(N2C(=O)CC([NH+]3CCN(c4ccc(F)cc4)CC3)C2=O)cc1Cl. The van der Waals surface area contributed by atoms with E-state index in [1.54, 1.807) is 24.3 Å². The molecule has 5 nitrogen and oxygen atoms in total. The Kier molecular flexibility index (Phi) is 5.08. The van der Waals surface area contributed by atoms with Crippen LogP contribution in [0.15, 0.2) is 42.5 Å². The van der Waals surface area contributed by atoms with Crippen LogP contribution in [0.5, 0.6) is 0 Å². The number of nitrogens with one attached hydrogen (secondary N) is 1. The molecule has 2 amide bonds. The Morgan fingerprint density at radius 1 is 1.04 bits per heavy atom. The van der Waals surface area contributed by atoms with Crippen LogP contribution in [0.25, 0.3) is 0 Å². The fourth-order valence-corrected chi connectivity index (χ4v) is 4.17. The summed E-state index contributed by atoms with van der Waals surface area (Å²) >= 11 is 6.17. The van der Waals surface area contributed by atoms with Crippen LogP contribution in [0.4, 0.5) is 15.8 Å². The van der Waals surface area contributed by atoms with Crippen molar-refractivity contribution in [2.45, 2.75) is 19.4 Å². The van der Waals surface area contributed by atoms with Gasteiger partial charge in [-0.1, -0.05) is 17.7 Å². The number of imide groups is 1. The Labute approximate surface area is 168 Å². The first-order chi connectivity index (χ1) is 13.4. The zero-order chi connectivity index (χ0) is 19.8. The summed E-state index contributed by atoms with van der Waals surface area (Å²) in [4.78, 5) is 30.1. The molecule has 1 unspecified atom stereocenters. The number of carbonyl (C=O) groups is 2. The predicted octanol–water partition coefficient (Wildman–Crippen LogP) is 1.82. The molecule has 1 atom stereocenters. The highest BCUT2D eigenvalue weighted by molar-refractivity contribution is 6.32. The Bertz CT molecular complexity index is 910. The zero-order valence-corrected chi connectivity index (χ0v) is 16.4. The number of rotatable bonds is 3. The summed E-state index contributed by atoms with van der Waals surface area (Å²) in [6.07, 6.45) is 0.218. The zero-order valence-electron chi connectivity index (χ0n) is 15.6. The van der Waals surface area contributed by atoms with Crippen molar-refractivity contribution in [3.63, 3.8) is 0 Å². The predicted molar refractivity (Wildman–Crippen MR) is 106 cm³/mol. The molecule has 0 saturated carbocycles. The first-order valence-corrected chi connectivity index (χ1v) is 9.80. The maximum atomic E-state index is 13.1. The summed E-state index contributed by atoms with van der Waals surface area (Å²) in [5.41, 5.74) is 2.42. The maximum absolute atomic E-state index is 13.1. The van der Waals surface area contributed by atoms with E-state index in [0.717, 1.165) is 42.3 Å². The van der Waals surface area contributed by atoms with Crippen LogP contribution < -0.4 is 14.7 Å². The Morgan fingerprint density at radius 3 is 2.32 bits per heavy atom. The number of halogens is 2. The third-order valence-electron chi connectivity index (χ3n) is 5.65. The van der Waals surface area contributed by atoms with Crippen molar-refractivity contribution in [1.82, 2.24) is 0 Å². The summed E-state index contributed by atoms with van der Waals surface area (Å²) in [7, 11) is 0. The molecule has 0 bridgehead atoms. The van der Waals surface area contributed by atoms with E-state index < -0.39 is 0 Å². The highest BCUT2D eigenvalue weighted by Crippen LogP contribution is 2.27. The second-order valence-electron chi connectivity index (χ2n) is 7.38. The van der Waals surface area contributed by atoms with Crippen molar-refractivity contribution >= 4 is 34.8 Å². The van der Waals surface area contributed by atoms with Gasteiger partial charge in [-0.05, 0) is 48.9 Å². The lowest BCUT2D eigenvalue weighted by atomic mass is 10.1. The van der Waals surface area contributed by atoms with Crippen LogP contribution in [0.1, 0.15) is 12.0 Å². The lowest BCUT2D eigenvalue weighted by molar-refractivity contribution is -0.915. The number of anilines is 2. The van der Waals surface area contributed by atoms with Gasteiger partial charge in [-0.3, -0.25) is 9.59 Å². The van der Waals surface area contributed by atoms with Gasteiger partial charge < -0.3 is 9.80 Å². The highest BCUT2D eigenvalue weighted by Gasteiger charge is 2.46. The molecule has 28 heavy (non-hydrogen) atoms. The molecule has 1 N–H and O–H groups in total. The standard InChI is InChI=1S/C21H21ClFN3O2/c1-14-2-5-17(12-18(14)22)26-20(27)13-19(21(26)28)25-10-8-24(9-11-25)16-6-3-15(23)4-7-16/h2-7,12,19H,8-11,13H2,1H3/p+1. The van der Waals surface area contributed by atoms with Gasteiger partial charge in [0.05, 0.1) is 38.3 Å². The minimum Gasteiger partial charge on any atom is -0.360 e. The molecule has 0 radical (unpaired) electrons. The lowest BCUT2D eigenvalue weighted by Crippen LogP contribution is -3.19. The molecule has 2 aromatic carbocycles. The number of piperazine rings is 1. The van der Waals surface area contributed by atoms with Gasteiger partial charge in [-0.2, -0.15) is 0 Å². The average Bonchev–Trinajstić information content (AvgIpc) is 2.99. The van der Waals surface area contributed by atoms with E-state index in [2.05, 4.69) is 4.90 Å². The topological polar surface area (TPSA) is 45.1 Å². The van der Waals surface area contributed by atoms with E-state index in [9.17, 15) is 14.0 Å². The summed E-state index contributed by atoms with van der Waals surface area (Å²) in [6, 6.07) is 11.4. The molecule has 0 aromatic heterocycles. The summed E-state index contributed by atoms with van der Waals surface area (Å²) in [6.45, 7) is 4.91. The van der Waals surface area contributed by atoms with Crippen molar-refractivity contribution in [3.8, 4) is 0 Å². The third kappa shape index (κ3) is 3.50. The smallest absolute Gasteiger partial charge is 0.292 e. The van der Waals surface area contributed by atoms with Gasteiger partial charge in [-0.15, -0.1) is 0 Å². The largest absolute Gasteiger partial charge is 0.360 e. The number of quaternary nitrogens is 1. The molecule has 2 saturated heterocycles. The molecule has 7 heteroatoms. The van der Waals surface area contributed by atoms with Crippen LogP contribution in [0.3, 0.4) is 0 Å². The van der Waals surface area contributed by atoms with E-state index in [4.69, 9.17) is 11.6 Å². The number of hydrogen-bond donors (Lipinski definition) is 1. The van der Waals surface area contributed by atoms with Gasteiger partial charge in [0.15, 0.2) is 6.04 Å². The fraction of sp³-hybridized carbons (Fsp3) is 0.333. The van der Waals surface area contributed by atoms with E-state index >= 15 is 0 Å². The van der Waals surface area contributed by atoms with Crippen molar-refractivity contribution in [2.75, 3.05) is 36.0 Å². The van der Waals surface area contributed by atoms with E-state index in [1.807, 2.05) is 13.0 Å². The second-order valence-corrected chi connectivity index (χ2v) is 7.79. The average molecular weight is 403 g/mol. The summed E-state index contributed by atoms with van der Waals surface area (Å²) in [5, 5.41) is 0.543. The summed E-state index contributed by atoms with van der Waals surface area (Å²) in [5.74, 6) is -0.585. The van der Waals surface area contributed by atoms with Crippen LogP contribution in [0, 0.1) is 12.7 Å². The van der Waals surface area contributed by atoms with Gasteiger partial charge in [-0.25, -0.2) is 9.29 Å². The number of amides is 2. The van der Waals surface area contributed by atoms with Gasteiger partial charge in [0, 0.05) is 10.7 Å². The van der Waals surface area contributed by atoms with Crippen LogP contribution in [0.2, 0.25) is 5.02 Å². The number of aryl methyl sites for hydroxylation is 1. The van der Waals surface area contributed by atoms with Crippen LogP contribution in [-0.2, 0) is 9.59 Å². The summed E-state index contributed by atoms with van der Waals surface area (Å²) < 4.78 is 13.1. The van der Waals surface area contributed by atoms with Crippen molar-refractivity contribution < 1.29 is 18.9 Å². The normalized spacial score (nSPS) is 20.9. The Balaban J connectivity index is 1.44. The minimum atomic E-state index is -0.358. The van der Waals surface area contributed by atoms with Gasteiger partial charge in [0.25, 0.3) is 5.91 Å². The molecule has 0 spiro atoms. The van der Waals surface area contributed by atoms with Crippen molar-refractivity contribution in [2.24, 2.45) is 0 Å². The van der Waals surface area contributed by atoms with Gasteiger partial charge in [0.2, 0.25) is 5.91 Å². The minimum absolute atomic E-state index is 0.157. The van der Waals surface area contributed by atoms with Gasteiger partial charge >= 0.3 is 0 Å². The highest BCUT2D eigenvalue weighted by atomic mass is 35.5. The first kappa shape index (κ1) is 18.9. The monoisotopic (exact) mass is 402 g/mol. The molecular formula is C21H22ClFN3O2+. The number of benzene rings is 2. The molecule has 0 aliphatic carbocycles. The molecule has 2 aromatic rings. The van der Waals surface area contributed by atoms with Gasteiger partial charge in [0.1, 0.15) is 5.82 Å². The quantitative estimate of drug-likeness (QED) is 0.797. The lowest BCUT2D eigenvalue weighted by Gasteiger charge is -2.35. The molecule has 4 rings (SSSR count). The van der Waals surface area contributed by atoms with E-state index in [0.29, 0.717) is 10.7 Å². The molecule has 146 valence electrons. The van der Waals surface area contributed by atoms with E-state index in [1.165, 1.54) is 17.0 Å². The first-order valence-electron chi connectivity index (χ1n) is 9.42. The molecule has 2 heterocycles. The van der Waals surface area contributed by atoms with Crippen LogP contribution in [-0.4, -0.2) is 44.0 Å². The molecule has 2 aliphatic heterocycles. The van der Waals surface area contributed by atoms with Crippen molar-refractivity contribution in [3.05, 3.63) is 58.9 Å². The number of carbonyl (C=O) groups excluding carboxylic acids is 2. The maximum Gasteiger partial charge on any atom is 0.292 e. The molecule has 2 aliphatic rings. The fourth-order valence-electron chi connectivity index (χ4n) is 4.00.